The van der Waals surface area contributed by atoms with Gasteiger partial charge in [0.15, 0.2) is 0 Å². The molecule has 2 aliphatic rings. The van der Waals surface area contributed by atoms with Gasteiger partial charge in [-0.1, -0.05) is 19.1 Å². The molecule has 1 saturated carbocycles. The highest BCUT2D eigenvalue weighted by molar-refractivity contribution is 5.40. The summed E-state index contributed by atoms with van der Waals surface area (Å²) in [6, 6.07) is 7.07. The second-order valence-electron chi connectivity index (χ2n) is 5.91. The first kappa shape index (κ1) is 12.0. The molecule has 1 aliphatic carbocycles. The Morgan fingerprint density at radius 2 is 2.17 bits per heavy atom. The highest BCUT2D eigenvalue weighted by atomic mass is 16.5. The monoisotopic (exact) mass is 245 g/mol. The first-order chi connectivity index (χ1) is 8.74. The third-order valence-electron chi connectivity index (χ3n) is 4.39. The molecular formula is C16H23NO. The van der Waals surface area contributed by atoms with Crippen LogP contribution in [0.5, 0.6) is 5.75 Å². The van der Waals surface area contributed by atoms with Crippen molar-refractivity contribution < 1.29 is 4.74 Å². The molecule has 2 heteroatoms. The molecule has 98 valence electrons. The van der Waals surface area contributed by atoms with Crippen molar-refractivity contribution in [3.63, 3.8) is 0 Å². The zero-order valence-corrected chi connectivity index (χ0v) is 11.4. The molecule has 0 spiro atoms. The van der Waals surface area contributed by atoms with Crippen LogP contribution in [0.1, 0.15) is 43.9 Å². The molecule has 3 rings (SSSR count). The number of hydrogen-bond donors (Lipinski definition) is 1. The van der Waals surface area contributed by atoms with E-state index in [4.69, 9.17) is 4.74 Å². The molecule has 1 aromatic rings. The minimum absolute atomic E-state index is 0.442. The minimum Gasteiger partial charge on any atom is -0.493 e. The highest BCUT2D eigenvalue weighted by Gasteiger charge is 2.27. The molecule has 0 radical (unpaired) electrons. The average Bonchev–Trinajstić information content (AvgIpc) is 3.13. The number of nitrogens with one attached hydrogen (secondary N) is 1. The normalized spacial score (nSPS) is 21.2. The summed E-state index contributed by atoms with van der Waals surface area (Å²) in [4.78, 5) is 0. The van der Waals surface area contributed by atoms with Crippen LogP contribution in [0.2, 0.25) is 0 Å². The number of rotatable bonds is 5. The summed E-state index contributed by atoms with van der Waals surface area (Å²) < 4.78 is 5.55. The summed E-state index contributed by atoms with van der Waals surface area (Å²) in [5.74, 6) is 2.89. The largest absolute Gasteiger partial charge is 0.493 e. The molecule has 18 heavy (non-hydrogen) atoms. The fourth-order valence-electron chi connectivity index (χ4n) is 2.79. The lowest BCUT2D eigenvalue weighted by atomic mass is 10.0. The highest BCUT2D eigenvalue weighted by Crippen LogP contribution is 2.36. The second kappa shape index (κ2) is 4.93. The molecule has 1 fully saturated rings. The first-order valence-electron chi connectivity index (χ1n) is 7.23. The Hall–Kier alpha value is -1.02. The van der Waals surface area contributed by atoms with Gasteiger partial charge in [-0.05, 0) is 55.3 Å². The van der Waals surface area contributed by atoms with E-state index < -0.39 is 0 Å². The molecule has 2 atom stereocenters. The van der Waals surface area contributed by atoms with Crippen LogP contribution in [-0.4, -0.2) is 13.2 Å². The maximum Gasteiger partial charge on any atom is 0.122 e. The van der Waals surface area contributed by atoms with Crippen LogP contribution in [0.4, 0.5) is 0 Å². The lowest BCUT2D eigenvalue weighted by Gasteiger charge is -2.18. The summed E-state index contributed by atoms with van der Waals surface area (Å²) >= 11 is 0. The fraction of sp³-hybridized carbons (Fsp3) is 0.625. The number of fused-ring (bicyclic) bond motifs is 1. The van der Waals surface area contributed by atoms with Crippen molar-refractivity contribution in [2.75, 3.05) is 13.2 Å². The number of benzene rings is 1. The van der Waals surface area contributed by atoms with Gasteiger partial charge in [0.25, 0.3) is 0 Å². The Balaban J connectivity index is 1.59. The van der Waals surface area contributed by atoms with Crippen molar-refractivity contribution in [2.24, 2.45) is 11.8 Å². The van der Waals surface area contributed by atoms with Crippen molar-refractivity contribution in [1.82, 2.24) is 5.32 Å². The quantitative estimate of drug-likeness (QED) is 0.859. The van der Waals surface area contributed by atoms with Crippen LogP contribution in [0.3, 0.4) is 0 Å². The van der Waals surface area contributed by atoms with E-state index in [1.807, 2.05) is 0 Å². The third kappa shape index (κ3) is 2.54. The Morgan fingerprint density at radius 3 is 2.94 bits per heavy atom. The van der Waals surface area contributed by atoms with Gasteiger partial charge in [0, 0.05) is 12.5 Å². The van der Waals surface area contributed by atoms with E-state index >= 15 is 0 Å². The van der Waals surface area contributed by atoms with Crippen molar-refractivity contribution in [3.8, 4) is 5.75 Å². The molecule has 0 aromatic heterocycles. The maximum atomic E-state index is 5.55. The molecule has 0 amide bonds. The molecule has 0 saturated heterocycles. The third-order valence-corrected chi connectivity index (χ3v) is 4.39. The van der Waals surface area contributed by atoms with Crippen LogP contribution in [0.25, 0.3) is 0 Å². The van der Waals surface area contributed by atoms with Crippen LogP contribution < -0.4 is 10.1 Å². The van der Waals surface area contributed by atoms with E-state index in [0.717, 1.165) is 37.2 Å². The van der Waals surface area contributed by atoms with E-state index in [0.29, 0.717) is 6.04 Å². The Bertz CT molecular complexity index is 425. The first-order valence-corrected chi connectivity index (χ1v) is 7.23. The standard InChI is InChI=1S/C16H23NO/c1-11(13-3-4-13)10-17-12(2)14-5-6-16-15(9-14)7-8-18-16/h5-6,9,11-13,17H,3-4,7-8,10H2,1-2H3. The molecule has 2 nitrogen and oxygen atoms in total. The minimum atomic E-state index is 0.442. The lowest BCUT2D eigenvalue weighted by Crippen LogP contribution is -2.25. The van der Waals surface area contributed by atoms with Gasteiger partial charge >= 0.3 is 0 Å². The van der Waals surface area contributed by atoms with Gasteiger partial charge in [-0.2, -0.15) is 0 Å². The SMILES string of the molecule is CC(NCC(C)C1CC1)c1ccc2c(c1)CCO2. The van der Waals surface area contributed by atoms with E-state index in [1.54, 1.807) is 0 Å². The topological polar surface area (TPSA) is 21.3 Å². The summed E-state index contributed by atoms with van der Waals surface area (Å²) in [5, 5.41) is 3.67. The van der Waals surface area contributed by atoms with Crippen molar-refractivity contribution in [3.05, 3.63) is 29.3 Å². The van der Waals surface area contributed by atoms with E-state index in [9.17, 15) is 0 Å². The molecule has 1 aliphatic heterocycles. The number of ether oxygens (including phenoxy) is 1. The van der Waals surface area contributed by atoms with Crippen LogP contribution >= 0.6 is 0 Å². The van der Waals surface area contributed by atoms with Gasteiger partial charge in [0.05, 0.1) is 6.61 Å². The smallest absolute Gasteiger partial charge is 0.122 e. The molecule has 1 N–H and O–H groups in total. The fourth-order valence-corrected chi connectivity index (χ4v) is 2.79. The predicted octanol–water partition coefficient (Wildman–Crippen LogP) is 3.32. The van der Waals surface area contributed by atoms with Gasteiger partial charge < -0.3 is 10.1 Å². The number of hydrogen-bond acceptors (Lipinski definition) is 2. The Morgan fingerprint density at radius 1 is 1.33 bits per heavy atom. The van der Waals surface area contributed by atoms with Crippen LogP contribution in [-0.2, 0) is 6.42 Å². The molecule has 1 heterocycles. The summed E-state index contributed by atoms with van der Waals surface area (Å²) in [6.45, 7) is 6.61. The maximum absolute atomic E-state index is 5.55. The molecule has 1 aromatic carbocycles. The van der Waals surface area contributed by atoms with Crippen LogP contribution in [0.15, 0.2) is 18.2 Å². The van der Waals surface area contributed by atoms with Crippen molar-refractivity contribution >= 4 is 0 Å². The molecular weight excluding hydrogens is 222 g/mol. The Kier molecular flexibility index (Phi) is 3.29. The zero-order chi connectivity index (χ0) is 12.5. The predicted molar refractivity (Wildman–Crippen MR) is 73.9 cm³/mol. The van der Waals surface area contributed by atoms with E-state index in [-0.39, 0.29) is 0 Å². The summed E-state index contributed by atoms with van der Waals surface area (Å²) in [7, 11) is 0. The van der Waals surface area contributed by atoms with E-state index in [1.165, 1.54) is 24.0 Å². The Labute approximate surface area is 110 Å². The lowest BCUT2D eigenvalue weighted by molar-refractivity contribution is 0.356. The van der Waals surface area contributed by atoms with Gasteiger partial charge in [0.2, 0.25) is 0 Å². The molecule has 2 unspecified atom stereocenters. The zero-order valence-electron chi connectivity index (χ0n) is 11.4. The average molecular weight is 245 g/mol. The van der Waals surface area contributed by atoms with Gasteiger partial charge in [-0.25, -0.2) is 0 Å². The summed E-state index contributed by atoms with van der Waals surface area (Å²) in [5.41, 5.74) is 2.76. The van der Waals surface area contributed by atoms with Gasteiger partial charge in [-0.3, -0.25) is 0 Å². The second-order valence-corrected chi connectivity index (χ2v) is 5.91. The van der Waals surface area contributed by atoms with Crippen molar-refractivity contribution in [1.29, 1.82) is 0 Å². The van der Waals surface area contributed by atoms with Gasteiger partial charge in [0.1, 0.15) is 5.75 Å². The summed E-state index contributed by atoms with van der Waals surface area (Å²) in [6.07, 6.45) is 3.94. The molecule has 0 bridgehead atoms. The van der Waals surface area contributed by atoms with Gasteiger partial charge in [-0.15, -0.1) is 0 Å². The van der Waals surface area contributed by atoms with Crippen molar-refractivity contribution in [2.45, 2.75) is 39.2 Å². The van der Waals surface area contributed by atoms with E-state index in [2.05, 4.69) is 37.4 Å². The van der Waals surface area contributed by atoms with Crippen LogP contribution in [0, 0.1) is 11.8 Å².